The summed E-state index contributed by atoms with van der Waals surface area (Å²) in [5, 5.41) is 0.912. The molecule has 0 unspecified atom stereocenters. The molecule has 2 saturated heterocycles. The van der Waals surface area contributed by atoms with Crippen LogP contribution in [0.3, 0.4) is 0 Å². The fourth-order valence-electron chi connectivity index (χ4n) is 4.85. The van der Waals surface area contributed by atoms with Crippen molar-refractivity contribution in [2.45, 2.75) is 25.1 Å². The van der Waals surface area contributed by atoms with Crippen LogP contribution in [0.15, 0.2) is 53.1 Å². The zero-order valence-corrected chi connectivity index (χ0v) is 18.1. The molecule has 1 amide bonds. The molecule has 0 saturated carbocycles. The van der Waals surface area contributed by atoms with Crippen LogP contribution in [0.4, 0.5) is 19.0 Å². The highest BCUT2D eigenvalue weighted by Crippen LogP contribution is 2.35. The van der Waals surface area contributed by atoms with E-state index in [4.69, 9.17) is 4.42 Å². The van der Waals surface area contributed by atoms with E-state index in [2.05, 4.69) is 9.88 Å². The van der Waals surface area contributed by atoms with Crippen LogP contribution in [0.2, 0.25) is 0 Å². The number of aromatic nitrogens is 1. The molecule has 9 heteroatoms. The highest BCUT2D eigenvalue weighted by Gasteiger charge is 2.37. The molecule has 4 heterocycles. The number of para-hydroxylation sites is 1. The van der Waals surface area contributed by atoms with Crippen LogP contribution in [-0.2, 0) is 6.18 Å². The van der Waals surface area contributed by atoms with Gasteiger partial charge in [-0.05, 0) is 37.1 Å². The summed E-state index contributed by atoms with van der Waals surface area (Å²) in [6.45, 7) is 3.63. The number of carbonyl (C=O) groups excluding carboxylic acids is 1. The van der Waals surface area contributed by atoms with E-state index >= 15 is 0 Å². The number of furan rings is 1. The molecule has 2 aliphatic heterocycles. The zero-order chi connectivity index (χ0) is 23.0. The van der Waals surface area contributed by atoms with Gasteiger partial charge >= 0.3 is 6.18 Å². The smallest absolute Gasteiger partial charge is 0.419 e. The van der Waals surface area contributed by atoms with Crippen molar-refractivity contribution in [1.82, 2.24) is 14.8 Å². The van der Waals surface area contributed by atoms with Crippen molar-refractivity contribution >= 4 is 22.7 Å². The van der Waals surface area contributed by atoms with E-state index in [1.54, 1.807) is 11.0 Å². The van der Waals surface area contributed by atoms with Crippen molar-refractivity contribution in [1.29, 1.82) is 0 Å². The van der Waals surface area contributed by atoms with E-state index < -0.39 is 11.7 Å². The number of hydrogen-bond acceptors (Lipinski definition) is 5. The average molecular weight is 458 g/mol. The van der Waals surface area contributed by atoms with E-state index in [0.717, 1.165) is 24.3 Å². The predicted molar refractivity (Wildman–Crippen MR) is 118 cm³/mol. The summed E-state index contributed by atoms with van der Waals surface area (Å²) >= 11 is 0. The monoisotopic (exact) mass is 458 g/mol. The Kier molecular flexibility index (Phi) is 5.74. The van der Waals surface area contributed by atoms with Crippen LogP contribution in [0.25, 0.3) is 11.0 Å². The molecule has 3 aromatic rings. The van der Waals surface area contributed by atoms with E-state index in [0.29, 0.717) is 56.7 Å². The van der Waals surface area contributed by atoms with Gasteiger partial charge in [-0.1, -0.05) is 18.2 Å². The minimum atomic E-state index is -4.42. The van der Waals surface area contributed by atoms with E-state index in [-0.39, 0.29) is 11.7 Å². The third-order valence-electron chi connectivity index (χ3n) is 6.61. The first kappa shape index (κ1) is 21.8. The molecule has 0 spiro atoms. The molecule has 0 atom stereocenters. The van der Waals surface area contributed by atoms with Crippen LogP contribution in [0.5, 0.6) is 0 Å². The fourth-order valence-corrected chi connectivity index (χ4v) is 4.85. The first-order valence-electron chi connectivity index (χ1n) is 11.2. The molecule has 0 N–H and O–H groups in total. The number of hydrogen-bond donors (Lipinski definition) is 0. The maximum absolute atomic E-state index is 13.3. The van der Waals surface area contributed by atoms with Crippen molar-refractivity contribution in [2.75, 3.05) is 44.2 Å². The largest absolute Gasteiger partial charge is 0.451 e. The Labute approximate surface area is 189 Å². The first-order valence-corrected chi connectivity index (χ1v) is 11.2. The summed E-state index contributed by atoms with van der Waals surface area (Å²) in [7, 11) is 0. The third kappa shape index (κ3) is 4.42. The summed E-state index contributed by atoms with van der Waals surface area (Å²) in [4.78, 5) is 22.8. The Hall–Kier alpha value is -3.07. The van der Waals surface area contributed by atoms with Crippen LogP contribution in [0.1, 0.15) is 29.0 Å². The molecular weight excluding hydrogens is 433 g/mol. The predicted octanol–water partition coefficient (Wildman–Crippen LogP) is 4.27. The fraction of sp³-hybridized carbons (Fsp3) is 0.417. The second kappa shape index (κ2) is 8.70. The van der Waals surface area contributed by atoms with Crippen LogP contribution in [0, 0.1) is 0 Å². The van der Waals surface area contributed by atoms with Crippen LogP contribution >= 0.6 is 0 Å². The number of piperazine rings is 1. The summed E-state index contributed by atoms with van der Waals surface area (Å²) in [6, 6.07) is 12.1. The number of pyridine rings is 1. The van der Waals surface area contributed by atoms with Gasteiger partial charge in [0.05, 0.1) is 5.56 Å². The van der Waals surface area contributed by atoms with Gasteiger partial charge in [-0.3, -0.25) is 9.69 Å². The second-order valence-electron chi connectivity index (χ2n) is 8.57. The number of likely N-dealkylation sites (tertiary alicyclic amines) is 1. The molecular formula is C24H25F3N4O2. The molecule has 0 bridgehead atoms. The van der Waals surface area contributed by atoms with Crippen molar-refractivity contribution in [3.63, 3.8) is 0 Å². The SMILES string of the molecule is O=C(c1cc2ccccc2o1)N1CCC(N2CCN(c3ncccc3C(F)(F)F)CC2)CC1. The maximum Gasteiger partial charge on any atom is 0.419 e. The zero-order valence-electron chi connectivity index (χ0n) is 18.1. The van der Waals surface area contributed by atoms with Gasteiger partial charge in [0.2, 0.25) is 0 Å². The van der Waals surface area contributed by atoms with Crippen molar-refractivity contribution in [3.05, 3.63) is 60.0 Å². The van der Waals surface area contributed by atoms with E-state index in [1.165, 1.54) is 12.3 Å². The molecule has 174 valence electrons. The Bertz CT molecular complexity index is 1100. The number of amides is 1. The summed E-state index contributed by atoms with van der Waals surface area (Å²) in [6.07, 6.45) is -1.33. The molecule has 5 rings (SSSR count). The van der Waals surface area contributed by atoms with Gasteiger partial charge < -0.3 is 14.2 Å². The van der Waals surface area contributed by atoms with Gasteiger partial charge in [-0.2, -0.15) is 13.2 Å². The number of fused-ring (bicyclic) bond motifs is 1. The summed E-state index contributed by atoms with van der Waals surface area (Å²) < 4.78 is 45.7. The van der Waals surface area contributed by atoms with Crippen LogP contribution < -0.4 is 4.90 Å². The lowest BCUT2D eigenvalue weighted by molar-refractivity contribution is -0.137. The number of anilines is 1. The second-order valence-corrected chi connectivity index (χ2v) is 8.57. The van der Waals surface area contributed by atoms with Crippen molar-refractivity contribution < 1.29 is 22.4 Å². The van der Waals surface area contributed by atoms with Gasteiger partial charge in [0.25, 0.3) is 5.91 Å². The molecule has 2 fully saturated rings. The van der Waals surface area contributed by atoms with Crippen molar-refractivity contribution in [2.24, 2.45) is 0 Å². The molecule has 2 aliphatic rings. The third-order valence-corrected chi connectivity index (χ3v) is 6.61. The lowest BCUT2D eigenvalue weighted by Gasteiger charge is -2.43. The lowest BCUT2D eigenvalue weighted by Crippen LogP contribution is -2.54. The normalized spacial score (nSPS) is 18.8. The maximum atomic E-state index is 13.3. The molecule has 1 aromatic carbocycles. The number of piperidine rings is 1. The quantitative estimate of drug-likeness (QED) is 0.587. The molecule has 2 aromatic heterocycles. The topological polar surface area (TPSA) is 52.8 Å². The summed E-state index contributed by atoms with van der Waals surface area (Å²) in [5.41, 5.74) is 0.0195. The highest BCUT2D eigenvalue weighted by molar-refractivity contribution is 5.96. The summed E-state index contributed by atoms with van der Waals surface area (Å²) in [5.74, 6) is 0.277. The van der Waals surface area contributed by atoms with Gasteiger partial charge in [0.15, 0.2) is 5.76 Å². The Morgan fingerprint density at radius 3 is 2.39 bits per heavy atom. The molecule has 33 heavy (non-hydrogen) atoms. The minimum Gasteiger partial charge on any atom is -0.451 e. The molecule has 0 aliphatic carbocycles. The Morgan fingerprint density at radius 1 is 0.970 bits per heavy atom. The number of rotatable bonds is 3. The Morgan fingerprint density at radius 2 is 1.70 bits per heavy atom. The lowest BCUT2D eigenvalue weighted by atomic mass is 10.0. The van der Waals surface area contributed by atoms with Gasteiger partial charge in [0, 0.05) is 56.9 Å². The molecule has 6 nitrogen and oxygen atoms in total. The number of halogens is 3. The highest BCUT2D eigenvalue weighted by atomic mass is 19.4. The average Bonchev–Trinajstić information content (AvgIpc) is 3.28. The molecule has 0 radical (unpaired) electrons. The standard InChI is InChI=1S/C24H25F3N4O2/c25-24(26,27)19-5-3-9-28-22(19)30-14-12-29(13-15-30)18-7-10-31(11-8-18)23(32)21-16-17-4-1-2-6-20(17)33-21/h1-6,9,16,18H,7-8,10-15H2. The number of carbonyl (C=O) groups is 1. The van der Waals surface area contributed by atoms with Gasteiger partial charge in [0.1, 0.15) is 11.4 Å². The first-order chi connectivity index (χ1) is 15.9. The van der Waals surface area contributed by atoms with Gasteiger partial charge in [-0.25, -0.2) is 4.98 Å². The Balaban J connectivity index is 1.16. The van der Waals surface area contributed by atoms with Gasteiger partial charge in [-0.15, -0.1) is 0 Å². The number of nitrogens with zero attached hydrogens (tertiary/aromatic N) is 4. The van der Waals surface area contributed by atoms with E-state index in [1.807, 2.05) is 29.2 Å². The number of benzene rings is 1. The minimum absolute atomic E-state index is 0.0101. The number of alkyl halides is 3. The van der Waals surface area contributed by atoms with Crippen molar-refractivity contribution in [3.8, 4) is 0 Å². The van der Waals surface area contributed by atoms with Crippen LogP contribution in [-0.4, -0.2) is 66.0 Å². The van der Waals surface area contributed by atoms with E-state index in [9.17, 15) is 18.0 Å².